The summed E-state index contributed by atoms with van der Waals surface area (Å²) in [6.07, 6.45) is 6.64. The lowest BCUT2D eigenvalue weighted by molar-refractivity contribution is -0.384. The van der Waals surface area contributed by atoms with Crippen molar-refractivity contribution in [3.8, 4) is 5.75 Å². The largest absolute Gasteiger partial charge is 0.490 e. The molecule has 0 amide bonds. The number of methoxy groups -OCH3 is 1. The normalized spacial score (nSPS) is 22.3. The van der Waals surface area contributed by atoms with Crippen LogP contribution in [0.3, 0.4) is 0 Å². The van der Waals surface area contributed by atoms with Crippen LogP contribution < -0.4 is 10.1 Å². The molecule has 1 aliphatic rings. The molecule has 1 aromatic rings. The SMILES string of the molecule is COc1cccc(NC2CCCC(SC)C2)c1[N+](=O)[O-]. The summed E-state index contributed by atoms with van der Waals surface area (Å²) in [7, 11) is 1.45. The minimum Gasteiger partial charge on any atom is -0.490 e. The highest BCUT2D eigenvalue weighted by atomic mass is 32.2. The maximum atomic E-state index is 11.2. The maximum absolute atomic E-state index is 11.2. The van der Waals surface area contributed by atoms with E-state index in [4.69, 9.17) is 4.74 Å². The average Bonchev–Trinajstić information content (AvgIpc) is 2.46. The summed E-state index contributed by atoms with van der Waals surface area (Å²) < 4.78 is 5.09. The highest BCUT2D eigenvalue weighted by Gasteiger charge is 2.25. The first-order chi connectivity index (χ1) is 9.65. The van der Waals surface area contributed by atoms with E-state index in [9.17, 15) is 10.1 Å². The molecule has 20 heavy (non-hydrogen) atoms. The van der Waals surface area contributed by atoms with E-state index in [0.717, 1.165) is 12.8 Å². The van der Waals surface area contributed by atoms with Crippen molar-refractivity contribution in [2.24, 2.45) is 0 Å². The van der Waals surface area contributed by atoms with Crippen LogP contribution in [0.15, 0.2) is 18.2 Å². The predicted octanol–water partition coefficient (Wildman–Crippen LogP) is 3.69. The summed E-state index contributed by atoms with van der Waals surface area (Å²) in [5, 5.41) is 15.2. The van der Waals surface area contributed by atoms with E-state index in [2.05, 4.69) is 11.6 Å². The fourth-order valence-corrected chi connectivity index (χ4v) is 3.53. The predicted molar refractivity (Wildman–Crippen MR) is 82.8 cm³/mol. The quantitative estimate of drug-likeness (QED) is 0.663. The van der Waals surface area contributed by atoms with Crippen molar-refractivity contribution < 1.29 is 9.66 Å². The number of nitro groups is 1. The summed E-state index contributed by atoms with van der Waals surface area (Å²) in [6, 6.07) is 5.45. The zero-order valence-electron chi connectivity index (χ0n) is 11.8. The number of nitro benzene ring substituents is 1. The van der Waals surface area contributed by atoms with Crippen LogP contribution >= 0.6 is 11.8 Å². The van der Waals surface area contributed by atoms with Crippen LogP contribution in [0.2, 0.25) is 0 Å². The minimum absolute atomic E-state index is 0.0290. The lowest BCUT2D eigenvalue weighted by atomic mass is 9.94. The van der Waals surface area contributed by atoms with Gasteiger partial charge < -0.3 is 10.1 Å². The van der Waals surface area contributed by atoms with Crippen LogP contribution in [0, 0.1) is 10.1 Å². The van der Waals surface area contributed by atoms with Gasteiger partial charge in [0.05, 0.1) is 12.0 Å². The number of hydrogen-bond donors (Lipinski definition) is 1. The van der Waals surface area contributed by atoms with Crippen molar-refractivity contribution in [1.29, 1.82) is 0 Å². The van der Waals surface area contributed by atoms with Gasteiger partial charge in [-0.1, -0.05) is 12.5 Å². The highest BCUT2D eigenvalue weighted by Crippen LogP contribution is 2.37. The Morgan fingerprint density at radius 2 is 2.25 bits per heavy atom. The Kier molecular flexibility index (Phi) is 5.11. The van der Waals surface area contributed by atoms with Crippen molar-refractivity contribution in [1.82, 2.24) is 0 Å². The Morgan fingerprint density at radius 3 is 2.90 bits per heavy atom. The van der Waals surface area contributed by atoms with Gasteiger partial charge in [0, 0.05) is 11.3 Å². The van der Waals surface area contributed by atoms with Crippen LogP contribution in [-0.4, -0.2) is 29.6 Å². The van der Waals surface area contributed by atoms with Gasteiger partial charge in [-0.15, -0.1) is 0 Å². The molecule has 2 rings (SSSR count). The molecule has 0 radical (unpaired) electrons. The molecule has 1 N–H and O–H groups in total. The maximum Gasteiger partial charge on any atom is 0.333 e. The summed E-state index contributed by atoms with van der Waals surface area (Å²) in [6.45, 7) is 0. The zero-order chi connectivity index (χ0) is 14.5. The van der Waals surface area contributed by atoms with Gasteiger partial charge in [-0.3, -0.25) is 10.1 Å². The monoisotopic (exact) mass is 296 g/mol. The van der Waals surface area contributed by atoms with Gasteiger partial charge in [0.2, 0.25) is 0 Å². The van der Waals surface area contributed by atoms with E-state index < -0.39 is 0 Å². The summed E-state index contributed by atoms with van der Waals surface area (Å²) >= 11 is 1.88. The lowest BCUT2D eigenvalue weighted by Gasteiger charge is -2.29. The number of anilines is 1. The third-order valence-electron chi connectivity index (χ3n) is 3.72. The van der Waals surface area contributed by atoms with Gasteiger partial charge in [0.1, 0.15) is 5.69 Å². The molecule has 110 valence electrons. The van der Waals surface area contributed by atoms with E-state index in [0.29, 0.717) is 22.7 Å². The molecule has 1 aliphatic carbocycles. The van der Waals surface area contributed by atoms with Gasteiger partial charge in [0.15, 0.2) is 5.75 Å². The van der Waals surface area contributed by atoms with Crippen molar-refractivity contribution >= 4 is 23.1 Å². The number of rotatable bonds is 5. The van der Waals surface area contributed by atoms with E-state index in [1.807, 2.05) is 11.8 Å². The van der Waals surface area contributed by atoms with Crippen LogP contribution in [0.25, 0.3) is 0 Å². The summed E-state index contributed by atoms with van der Waals surface area (Å²) in [5.41, 5.74) is 0.586. The van der Waals surface area contributed by atoms with Crippen LogP contribution in [-0.2, 0) is 0 Å². The zero-order valence-corrected chi connectivity index (χ0v) is 12.6. The summed E-state index contributed by atoms with van der Waals surface area (Å²) in [5.74, 6) is 0.303. The van der Waals surface area contributed by atoms with Gasteiger partial charge in [-0.05, 0) is 37.7 Å². The Morgan fingerprint density at radius 1 is 1.45 bits per heavy atom. The third-order valence-corrected chi connectivity index (χ3v) is 4.82. The lowest BCUT2D eigenvalue weighted by Crippen LogP contribution is -2.28. The first-order valence-corrected chi connectivity index (χ1v) is 8.05. The molecule has 0 spiro atoms. The molecule has 1 aromatic carbocycles. The number of hydrogen-bond acceptors (Lipinski definition) is 5. The van der Waals surface area contributed by atoms with E-state index in [1.165, 1.54) is 20.0 Å². The Hall–Kier alpha value is -1.43. The van der Waals surface area contributed by atoms with E-state index in [1.54, 1.807) is 18.2 Å². The molecule has 2 unspecified atom stereocenters. The number of para-hydroxylation sites is 1. The van der Waals surface area contributed by atoms with Gasteiger partial charge in [-0.2, -0.15) is 11.8 Å². The Bertz CT molecular complexity index is 481. The number of ether oxygens (including phenoxy) is 1. The Labute approximate surface area is 123 Å². The average molecular weight is 296 g/mol. The fourth-order valence-electron chi connectivity index (χ4n) is 2.70. The van der Waals surface area contributed by atoms with E-state index >= 15 is 0 Å². The van der Waals surface area contributed by atoms with Crippen LogP contribution in [0.1, 0.15) is 25.7 Å². The topological polar surface area (TPSA) is 64.4 Å². The number of nitrogens with zero attached hydrogens (tertiary/aromatic N) is 1. The minimum atomic E-state index is -0.379. The molecule has 0 bridgehead atoms. The fraction of sp³-hybridized carbons (Fsp3) is 0.571. The Balaban J connectivity index is 2.18. The molecule has 0 saturated heterocycles. The van der Waals surface area contributed by atoms with E-state index in [-0.39, 0.29) is 10.6 Å². The smallest absolute Gasteiger partial charge is 0.333 e. The number of thioether (sulfide) groups is 1. The second-order valence-corrected chi connectivity index (χ2v) is 6.12. The van der Waals surface area contributed by atoms with Gasteiger partial charge in [-0.25, -0.2) is 0 Å². The highest BCUT2D eigenvalue weighted by molar-refractivity contribution is 7.99. The molecule has 0 aliphatic heterocycles. The molecule has 0 heterocycles. The first-order valence-electron chi connectivity index (χ1n) is 6.76. The molecule has 0 aromatic heterocycles. The third kappa shape index (κ3) is 3.36. The molecule has 5 nitrogen and oxygen atoms in total. The van der Waals surface area contributed by atoms with Gasteiger partial charge in [0.25, 0.3) is 0 Å². The second-order valence-electron chi connectivity index (χ2n) is 4.98. The van der Waals surface area contributed by atoms with Gasteiger partial charge >= 0.3 is 5.69 Å². The van der Waals surface area contributed by atoms with Crippen molar-refractivity contribution in [3.05, 3.63) is 28.3 Å². The van der Waals surface area contributed by atoms with Crippen molar-refractivity contribution in [3.63, 3.8) is 0 Å². The molecular formula is C14H20N2O3S. The van der Waals surface area contributed by atoms with Crippen LogP contribution in [0.5, 0.6) is 5.75 Å². The second kappa shape index (κ2) is 6.83. The molecule has 1 saturated carbocycles. The molecule has 1 fully saturated rings. The standard InChI is InChI=1S/C14H20N2O3S/c1-19-13-8-4-7-12(14(13)16(17)18)15-10-5-3-6-11(9-10)20-2/h4,7-8,10-11,15H,3,5-6,9H2,1-2H3. The molecular weight excluding hydrogens is 276 g/mol. The van der Waals surface area contributed by atoms with Crippen LogP contribution in [0.4, 0.5) is 11.4 Å². The van der Waals surface area contributed by atoms with Crippen molar-refractivity contribution in [2.45, 2.75) is 37.0 Å². The molecule has 2 atom stereocenters. The number of nitrogens with one attached hydrogen (secondary N) is 1. The van der Waals surface area contributed by atoms with Crippen molar-refractivity contribution in [2.75, 3.05) is 18.7 Å². The molecule has 6 heteroatoms. The number of benzene rings is 1. The summed E-state index contributed by atoms with van der Waals surface area (Å²) in [4.78, 5) is 10.9. The first kappa shape index (κ1) is 15.0.